The lowest BCUT2D eigenvalue weighted by Crippen LogP contribution is -2.41. The van der Waals surface area contributed by atoms with Crippen molar-refractivity contribution in [3.05, 3.63) is 0 Å². The van der Waals surface area contributed by atoms with Crippen LogP contribution in [0.15, 0.2) is 4.99 Å². The standard InChI is InChI=1S/C11H21N3O.HI/c12-10(14-6-2-1-3-7-14)13-8-11(9-15)4-5-11;/h15H,1-9H2,(H2,12,13);1H. The molecule has 0 bridgehead atoms. The zero-order valence-electron chi connectivity index (χ0n) is 9.69. The van der Waals surface area contributed by atoms with Gasteiger partial charge in [-0.3, -0.25) is 4.99 Å². The van der Waals surface area contributed by atoms with Crippen molar-refractivity contribution < 1.29 is 5.11 Å². The van der Waals surface area contributed by atoms with E-state index in [1.807, 2.05) is 0 Å². The summed E-state index contributed by atoms with van der Waals surface area (Å²) in [4.78, 5) is 6.58. The Labute approximate surface area is 114 Å². The van der Waals surface area contributed by atoms with Gasteiger partial charge in [0.05, 0.1) is 13.2 Å². The van der Waals surface area contributed by atoms with Crippen molar-refractivity contribution >= 4 is 29.9 Å². The minimum atomic E-state index is 0. The van der Waals surface area contributed by atoms with E-state index in [2.05, 4.69) is 9.89 Å². The summed E-state index contributed by atoms with van der Waals surface area (Å²) in [6.07, 6.45) is 5.95. The van der Waals surface area contributed by atoms with Crippen LogP contribution in [0.3, 0.4) is 0 Å². The molecule has 1 aliphatic carbocycles. The van der Waals surface area contributed by atoms with Gasteiger partial charge in [0.25, 0.3) is 0 Å². The number of nitrogens with two attached hydrogens (primary N) is 1. The van der Waals surface area contributed by atoms with E-state index in [9.17, 15) is 0 Å². The van der Waals surface area contributed by atoms with Gasteiger partial charge in [-0.05, 0) is 32.1 Å². The maximum Gasteiger partial charge on any atom is 0.191 e. The smallest absolute Gasteiger partial charge is 0.191 e. The van der Waals surface area contributed by atoms with Crippen LogP contribution >= 0.6 is 24.0 Å². The van der Waals surface area contributed by atoms with Gasteiger partial charge in [0.2, 0.25) is 0 Å². The van der Waals surface area contributed by atoms with Gasteiger partial charge in [0.1, 0.15) is 0 Å². The molecule has 0 atom stereocenters. The van der Waals surface area contributed by atoms with Crippen molar-refractivity contribution in [1.29, 1.82) is 0 Å². The number of likely N-dealkylation sites (tertiary alicyclic amines) is 1. The van der Waals surface area contributed by atoms with Crippen LogP contribution in [0.5, 0.6) is 0 Å². The second kappa shape index (κ2) is 6.05. The van der Waals surface area contributed by atoms with Gasteiger partial charge >= 0.3 is 0 Å². The molecule has 1 heterocycles. The van der Waals surface area contributed by atoms with Crippen molar-refractivity contribution in [2.45, 2.75) is 32.1 Å². The largest absolute Gasteiger partial charge is 0.396 e. The third-order valence-electron chi connectivity index (χ3n) is 3.55. The van der Waals surface area contributed by atoms with E-state index >= 15 is 0 Å². The minimum absolute atomic E-state index is 0. The number of aliphatic imine (C=N–C) groups is 1. The van der Waals surface area contributed by atoms with Crippen LogP contribution in [0.1, 0.15) is 32.1 Å². The molecule has 3 N–H and O–H groups in total. The molecular weight excluding hydrogens is 317 g/mol. The minimum Gasteiger partial charge on any atom is -0.396 e. The molecule has 2 rings (SSSR count). The zero-order chi connectivity index (χ0) is 10.7. The molecule has 2 fully saturated rings. The maximum absolute atomic E-state index is 9.16. The first kappa shape index (κ1) is 14.0. The molecule has 2 aliphatic rings. The molecular formula is C11H22IN3O. The average molecular weight is 339 g/mol. The van der Waals surface area contributed by atoms with Crippen molar-refractivity contribution in [2.75, 3.05) is 26.2 Å². The van der Waals surface area contributed by atoms with Gasteiger partial charge in [-0.15, -0.1) is 24.0 Å². The summed E-state index contributed by atoms with van der Waals surface area (Å²) in [6, 6.07) is 0. The van der Waals surface area contributed by atoms with Crippen LogP contribution in [-0.4, -0.2) is 42.2 Å². The number of aliphatic hydroxyl groups excluding tert-OH is 1. The van der Waals surface area contributed by atoms with Gasteiger partial charge in [0, 0.05) is 18.5 Å². The number of hydrogen-bond donors (Lipinski definition) is 2. The predicted molar refractivity (Wildman–Crippen MR) is 76.1 cm³/mol. The topological polar surface area (TPSA) is 61.9 Å². The maximum atomic E-state index is 9.16. The molecule has 0 spiro atoms. The first-order valence-corrected chi connectivity index (χ1v) is 5.92. The van der Waals surface area contributed by atoms with Crippen LogP contribution in [0.2, 0.25) is 0 Å². The fraction of sp³-hybridized carbons (Fsp3) is 0.909. The highest BCUT2D eigenvalue weighted by molar-refractivity contribution is 14.0. The van der Waals surface area contributed by atoms with Crippen LogP contribution in [0.25, 0.3) is 0 Å². The lowest BCUT2D eigenvalue weighted by molar-refractivity contribution is 0.216. The quantitative estimate of drug-likeness (QED) is 0.461. The first-order valence-electron chi connectivity index (χ1n) is 5.92. The highest BCUT2D eigenvalue weighted by Gasteiger charge is 2.41. The molecule has 16 heavy (non-hydrogen) atoms. The Kier molecular flexibility index (Phi) is 5.30. The summed E-state index contributed by atoms with van der Waals surface area (Å²) >= 11 is 0. The molecule has 1 saturated carbocycles. The van der Waals surface area contributed by atoms with E-state index in [4.69, 9.17) is 10.8 Å². The molecule has 1 saturated heterocycles. The number of piperidine rings is 1. The molecule has 0 unspecified atom stereocenters. The number of halogens is 1. The summed E-state index contributed by atoms with van der Waals surface area (Å²) < 4.78 is 0. The summed E-state index contributed by atoms with van der Waals surface area (Å²) in [5.74, 6) is 0.675. The molecule has 0 amide bonds. The lowest BCUT2D eigenvalue weighted by atomic mass is 10.1. The van der Waals surface area contributed by atoms with E-state index < -0.39 is 0 Å². The van der Waals surface area contributed by atoms with Gasteiger partial charge in [-0.2, -0.15) is 0 Å². The molecule has 0 radical (unpaired) electrons. The normalized spacial score (nSPS) is 23.8. The average Bonchev–Trinajstić information content (AvgIpc) is 3.08. The Balaban J connectivity index is 0.00000128. The highest BCUT2D eigenvalue weighted by atomic mass is 127. The summed E-state index contributed by atoms with van der Waals surface area (Å²) in [6.45, 7) is 3.04. The molecule has 1 aliphatic heterocycles. The lowest BCUT2D eigenvalue weighted by Gasteiger charge is -2.27. The van der Waals surface area contributed by atoms with Crippen LogP contribution in [0.4, 0.5) is 0 Å². The van der Waals surface area contributed by atoms with E-state index in [1.54, 1.807) is 0 Å². The van der Waals surface area contributed by atoms with E-state index in [0.717, 1.165) is 25.9 Å². The second-order valence-corrected chi connectivity index (χ2v) is 4.88. The van der Waals surface area contributed by atoms with Gasteiger partial charge in [-0.25, -0.2) is 0 Å². The number of aliphatic hydroxyl groups is 1. The molecule has 5 heteroatoms. The van der Waals surface area contributed by atoms with E-state index in [1.165, 1.54) is 19.3 Å². The molecule has 94 valence electrons. The van der Waals surface area contributed by atoms with Crippen LogP contribution in [0, 0.1) is 5.41 Å². The fourth-order valence-electron chi connectivity index (χ4n) is 2.01. The Morgan fingerprint density at radius 1 is 1.25 bits per heavy atom. The number of nitrogens with zero attached hydrogens (tertiary/aromatic N) is 2. The van der Waals surface area contributed by atoms with Crippen molar-refractivity contribution in [3.8, 4) is 0 Å². The number of rotatable bonds is 3. The van der Waals surface area contributed by atoms with Gasteiger partial charge in [-0.1, -0.05) is 0 Å². The van der Waals surface area contributed by atoms with E-state index in [0.29, 0.717) is 12.5 Å². The summed E-state index contributed by atoms with van der Waals surface area (Å²) in [5, 5.41) is 9.16. The predicted octanol–water partition coefficient (Wildman–Crippen LogP) is 1.18. The highest BCUT2D eigenvalue weighted by Crippen LogP contribution is 2.45. The zero-order valence-corrected chi connectivity index (χ0v) is 12.0. The Morgan fingerprint density at radius 3 is 2.38 bits per heavy atom. The fourth-order valence-corrected chi connectivity index (χ4v) is 2.01. The summed E-state index contributed by atoms with van der Waals surface area (Å²) in [7, 11) is 0. The molecule has 0 aromatic rings. The van der Waals surface area contributed by atoms with Crippen LogP contribution in [-0.2, 0) is 0 Å². The van der Waals surface area contributed by atoms with Gasteiger partial charge < -0.3 is 15.7 Å². The van der Waals surface area contributed by atoms with Crippen molar-refractivity contribution in [3.63, 3.8) is 0 Å². The number of guanidine groups is 1. The van der Waals surface area contributed by atoms with Crippen molar-refractivity contribution in [2.24, 2.45) is 16.1 Å². The molecule has 4 nitrogen and oxygen atoms in total. The van der Waals surface area contributed by atoms with Gasteiger partial charge in [0.15, 0.2) is 5.96 Å². The van der Waals surface area contributed by atoms with Crippen LogP contribution < -0.4 is 5.73 Å². The Hall–Kier alpha value is -0.0400. The Morgan fingerprint density at radius 2 is 1.88 bits per heavy atom. The Bertz CT molecular complexity index is 248. The SMILES string of the molecule is I.NC(=NCC1(CO)CC1)N1CCCCC1. The van der Waals surface area contributed by atoms with Crippen molar-refractivity contribution in [1.82, 2.24) is 4.90 Å². The molecule has 0 aromatic heterocycles. The number of hydrogen-bond acceptors (Lipinski definition) is 2. The first-order chi connectivity index (χ1) is 7.26. The second-order valence-electron chi connectivity index (χ2n) is 4.88. The molecule has 0 aromatic carbocycles. The summed E-state index contributed by atoms with van der Waals surface area (Å²) in [5.41, 5.74) is 6.02. The third kappa shape index (κ3) is 3.48. The van der Waals surface area contributed by atoms with E-state index in [-0.39, 0.29) is 36.0 Å². The third-order valence-corrected chi connectivity index (χ3v) is 3.55. The monoisotopic (exact) mass is 339 g/mol.